The molecule has 1 saturated carbocycles. The number of allylic oxidation sites excluding steroid dienone is 1. The lowest BCUT2D eigenvalue weighted by molar-refractivity contribution is -0.158. The summed E-state index contributed by atoms with van der Waals surface area (Å²) in [5, 5.41) is 35.6. The maximum atomic E-state index is 13.8. The first-order valence-corrected chi connectivity index (χ1v) is 9.64. The van der Waals surface area contributed by atoms with E-state index in [0.717, 1.165) is 7.11 Å². The van der Waals surface area contributed by atoms with Gasteiger partial charge in [-0.1, -0.05) is 5.16 Å². The van der Waals surface area contributed by atoms with Crippen LogP contribution in [0.25, 0.3) is 5.76 Å². The molecule has 7 N–H and O–H groups in total. The molecule has 11 nitrogen and oxygen atoms in total. The summed E-state index contributed by atoms with van der Waals surface area (Å²) in [6, 6.07) is 2.76. The number of phenolic OH excluding ortho intramolecular Hbond substituents is 1. The number of aromatic hydroxyl groups is 1. The zero-order valence-corrected chi connectivity index (χ0v) is 17.2. The van der Waals surface area contributed by atoms with Gasteiger partial charge in [-0.2, -0.15) is 0 Å². The number of amides is 1. The molecule has 0 bridgehead atoms. The molecule has 0 radical (unpaired) electrons. The third-order valence-corrected chi connectivity index (χ3v) is 6.40. The molecule has 1 amide bonds. The van der Waals surface area contributed by atoms with Crippen molar-refractivity contribution in [1.82, 2.24) is 0 Å². The molecular formula is C21H21N3O8. The zero-order chi connectivity index (χ0) is 23.5. The van der Waals surface area contributed by atoms with Crippen molar-refractivity contribution < 1.29 is 39.3 Å². The van der Waals surface area contributed by atoms with E-state index in [0.29, 0.717) is 11.3 Å². The van der Waals surface area contributed by atoms with Crippen molar-refractivity contribution in [2.24, 2.45) is 22.7 Å². The second-order valence-electron chi connectivity index (χ2n) is 7.82. The van der Waals surface area contributed by atoms with Gasteiger partial charge in [0.1, 0.15) is 29.9 Å². The predicted molar refractivity (Wildman–Crippen MR) is 110 cm³/mol. The maximum absolute atomic E-state index is 13.8. The summed E-state index contributed by atoms with van der Waals surface area (Å²) < 4.78 is 5.43. The summed E-state index contributed by atoms with van der Waals surface area (Å²) in [5.74, 6) is -6.74. The van der Waals surface area contributed by atoms with E-state index >= 15 is 0 Å². The van der Waals surface area contributed by atoms with Gasteiger partial charge >= 0.3 is 0 Å². The Labute approximate surface area is 181 Å². The molecule has 0 spiro atoms. The number of hydrogen-bond donors (Lipinski definition) is 5. The van der Waals surface area contributed by atoms with Crippen molar-refractivity contribution in [3.8, 4) is 5.75 Å². The second kappa shape index (κ2) is 7.09. The van der Waals surface area contributed by atoms with Crippen LogP contribution in [0.3, 0.4) is 0 Å². The van der Waals surface area contributed by atoms with Gasteiger partial charge in [0.2, 0.25) is 17.2 Å². The number of anilines is 1. The largest absolute Gasteiger partial charge is 0.507 e. The van der Waals surface area contributed by atoms with Gasteiger partial charge in [-0.05, 0) is 36.5 Å². The SMILES string of the molecule is CO/N=C1\C(O)=C(C(N)=O)C(=O)[C@@]2(OC)C(=O)C3=C(O)c4c(O)ccc(N)c4C[C@H]3C[C@@H]12. The Hall–Kier alpha value is -3.86. The van der Waals surface area contributed by atoms with Crippen molar-refractivity contribution in [1.29, 1.82) is 0 Å². The van der Waals surface area contributed by atoms with E-state index in [4.69, 9.17) is 21.0 Å². The van der Waals surface area contributed by atoms with Crippen LogP contribution in [-0.2, 0) is 30.4 Å². The molecule has 0 heterocycles. The summed E-state index contributed by atoms with van der Waals surface area (Å²) in [4.78, 5) is 43.9. The number of nitrogens with zero attached hydrogens (tertiary/aromatic N) is 1. The Morgan fingerprint density at radius 2 is 1.84 bits per heavy atom. The van der Waals surface area contributed by atoms with Crippen molar-refractivity contribution >= 4 is 34.6 Å². The number of phenols is 1. The van der Waals surface area contributed by atoms with Gasteiger partial charge in [-0.15, -0.1) is 0 Å². The van der Waals surface area contributed by atoms with Crippen LogP contribution in [0.4, 0.5) is 5.69 Å². The minimum absolute atomic E-state index is 0.00291. The number of ketones is 2. The lowest BCUT2D eigenvalue weighted by Crippen LogP contribution is -2.65. The van der Waals surface area contributed by atoms with E-state index < -0.39 is 52.0 Å². The van der Waals surface area contributed by atoms with Crippen LogP contribution in [0, 0.1) is 11.8 Å². The van der Waals surface area contributed by atoms with Crippen LogP contribution in [0.15, 0.2) is 34.2 Å². The first-order valence-electron chi connectivity index (χ1n) is 9.64. The van der Waals surface area contributed by atoms with E-state index in [-0.39, 0.29) is 35.4 Å². The molecule has 3 aliphatic rings. The van der Waals surface area contributed by atoms with Gasteiger partial charge in [-0.3, -0.25) is 14.4 Å². The van der Waals surface area contributed by atoms with E-state index in [1.165, 1.54) is 19.2 Å². The van der Waals surface area contributed by atoms with Gasteiger partial charge in [0, 0.05) is 18.4 Å². The van der Waals surface area contributed by atoms with E-state index in [1.807, 2.05) is 0 Å². The lowest BCUT2D eigenvalue weighted by atomic mass is 9.58. The lowest BCUT2D eigenvalue weighted by Gasteiger charge is -2.47. The number of carbonyl (C=O) groups is 3. The molecule has 4 rings (SSSR count). The molecule has 0 saturated heterocycles. The van der Waals surface area contributed by atoms with Gasteiger partial charge in [0.25, 0.3) is 5.91 Å². The minimum Gasteiger partial charge on any atom is -0.507 e. The van der Waals surface area contributed by atoms with Crippen LogP contribution in [0.2, 0.25) is 0 Å². The number of fused-ring (bicyclic) bond motifs is 3. The van der Waals surface area contributed by atoms with Gasteiger partial charge in [-0.25, -0.2) is 0 Å². The topological polar surface area (TPSA) is 195 Å². The second-order valence-corrected chi connectivity index (χ2v) is 7.82. The standard InChI is InChI=1S/C21H21N3O8/c1-31-21-9(15(24-32-2)17(27)14(19(21)29)20(23)30)6-7-5-8-10(22)3-4-11(25)13(8)16(26)12(7)18(21)28/h3-4,7,9,25-27H,5-6,22H2,1-2H3,(H2,23,30)/b24-15-/t7-,9-,21-/m0/s1. The molecule has 1 aromatic rings. The maximum Gasteiger partial charge on any atom is 0.256 e. The molecule has 168 valence electrons. The monoisotopic (exact) mass is 443 g/mol. The number of Topliss-reactive ketones (excluding diaryl/α,β-unsaturated/α-hetero) is 2. The highest BCUT2D eigenvalue weighted by atomic mass is 16.6. The third-order valence-electron chi connectivity index (χ3n) is 6.40. The Morgan fingerprint density at radius 1 is 1.16 bits per heavy atom. The molecule has 1 fully saturated rings. The fourth-order valence-electron chi connectivity index (χ4n) is 5.03. The van der Waals surface area contributed by atoms with Gasteiger partial charge in [0.05, 0.1) is 11.5 Å². The fraction of sp³-hybridized carbons (Fsp3) is 0.333. The number of aliphatic hydroxyl groups excluding tert-OH is 2. The fourth-order valence-corrected chi connectivity index (χ4v) is 5.03. The highest BCUT2D eigenvalue weighted by Gasteiger charge is 2.65. The number of benzene rings is 1. The number of methoxy groups -OCH3 is 1. The molecule has 0 unspecified atom stereocenters. The minimum atomic E-state index is -2.32. The molecule has 32 heavy (non-hydrogen) atoms. The van der Waals surface area contributed by atoms with Crippen LogP contribution >= 0.6 is 0 Å². The third kappa shape index (κ3) is 2.51. The predicted octanol–water partition coefficient (Wildman–Crippen LogP) is 0.273. The highest BCUT2D eigenvalue weighted by Crippen LogP contribution is 2.52. The summed E-state index contributed by atoms with van der Waals surface area (Å²) >= 11 is 0. The number of nitrogen functional groups attached to an aromatic ring is 1. The quantitative estimate of drug-likeness (QED) is 0.143. The highest BCUT2D eigenvalue weighted by molar-refractivity contribution is 6.38. The zero-order valence-electron chi connectivity index (χ0n) is 17.2. The summed E-state index contributed by atoms with van der Waals surface area (Å²) in [7, 11) is 2.29. The average molecular weight is 443 g/mol. The Balaban J connectivity index is 2.02. The smallest absolute Gasteiger partial charge is 0.256 e. The van der Waals surface area contributed by atoms with Crippen LogP contribution in [-0.4, -0.2) is 58.3 Å². The number of rotatable bonds is 3. The van der Waals surface area contributed by atoms with Gasteiger partial charge in [0.15, 0.2) is 5.76 Å². The van der Waals surface area contributed by atoms with Crippen molar-refractivity contribution in [3.05, 3.63) is 40.2 Å². The summed E-state index contributed by atoms with van der Waals surface area (Å²) in [5.41, 5.74) is 8.52. The number of ether oxygens (including phenoxy) is 1. The summed E-state index contributed by atoms with van der Waals surface area (Å²) in [6.45, 7) is 0. The number of primary amides is 1. The molecule has 0 aliphatic heterocycles. The molecule has 3 atom stereocenters. The van der Waals surface area contributed by atoms with Crippen LogP contribution < -0.4 is 11.5 Å². The number of nitrogens with two attached hydrogens (primary N) is 2. The normalized spacial score (nSPS) is 28.4. The molecule has 11 heteroatoms. The first-order chi connectivity index (χ1) is 15.1. The van der Waals surface area contributed by atoms with E-state index in [1.54, 1.807) is 0 Å². The number of carbonyl (C=O) groups excluding carboxylic acids is 3. The molecule has 3 aliphatic carbocycles. The average Bonchev–Trinajstić information content (AvgIpc) is 2.73. The Kier molecular flexibility index (Phi) is 4.74. The van der Waals surface area contributed by atoms with E-state index in [9.17, 15) is 29.7 Å². The van der Waals surface area contributed by atoms with E-state index in [2.05, 4.69) is 5.16 Å². The number of oxime groups is 1. The number of aliphatic hydroxyl groups is 2. The molecule has 0 aromatic heterocycles. The van der Waals surface area contributed by atoms with Crippen molar-refractivity contribution in [3.63, 3.8) is 0 Å². The first kappa shape index (κ1) is 21.4. The number of hydrogen-bond acceptors (Lipinski definition) is 10. The van der Waals surface area contributed by atoms with Crippen molar-refractivity contribution in [2.45, 2.75) is 18.4 Å². The Bertz CT molecular complexity index is 1180. The summed E-state index contributed by atoms with van der Waals surface area (Å²) in [6.07, 6.45) is 0.177. The van der Waals surface area contributed by atoms with Crippen molar-refractivity contribution in [2.75, 3.05) is 20.0 Å². The van der Waals surface area contributed by atoms with Gasteiger partial charge < -0.3 is 36.4 Å². The van der Waals surface area contributed by atoms with Crippen LogP contribution in [0.5, 0.6) is 5.75 Å². The molecular weight excluding hydrogens is 422 g/mol. The van der Waals surface area contributed by atoms with Crippen LogP contribution in [0.1, 0.15) is 17.5 Å². The Morgan fingerprint density at radius 3 is 2.44 bits per heavy atom. The molecule has 1 aromatic carbocycles.